The lowest BCUT2D eigenvalue weighted by molar-refractivity contribution is 0.357. The maximum Gasteiger partial charge on any atom is 0.0667 e. The highest BCUT2D eigenvalue weighted by Gasteiger charge is 2.43. The summed E-state index contributed by atoms with van der Waals surface area (Å²) in [6, 6.07) is 8.19. The van der Waals surface area contributed by atoms with Crippen molar-refractivity contribution in [1.29, 1.82) is 0 Å². The number of fused-ring (bicyclic) bond motifs is 1. The summed E-state index contributed by atoms with van der Waals surface area (Å²) in [5.74, 6) is 2.87. The lowest BCUT2D eigenvalue weighted by Crippen LogP contribution is -2.38. The fourth-order valence-electron chi connectivity index (χ4n) is 1.94. The van der Waals surface area contributed by atoms with Gasteiger partial charge in [0.15, 0.2) is 0 Å². The molecule has 0 saturated carbocycles. The zero-order chi connectivity index (χ0) is 11.1. The van der Waals surface area contributed by atoms with Gasteiger partial charge in [0, 0.05) is 17.0 Å². The van der Waals surface area contributed by atoms with Crippen LogP contribution in [0, 0.1) is 17.8 Å². The zero-order valence-electron chi connectivity index (χ0n) is 9.41. The van der Waals surface area contributed by atoms with Gasteiger partial charge in [-0.25, -0.2) is 0 Å². The molecule has 1 heterocycles. The Bertz CT molecular complexity index is 462. The molecule has 1 nitrogen and oxygen atoms in total. The highest BCUT2D eigenvalue weighted by Crippen LogP contribution is 2.47. The van der Waals surface area contributed by atoms with Gasteiger partial charge in [0.25, 0.3) is 0 Å². The third-order valence-electron chi connectivity index (χ3n) is 3.58. The van der Waals surface area contributed by atoms with Crippen LogP contribution in [0.1, 0.15) is 26.3 Å². The predicted octanol–water partition coefficient (Wildman–Crippen LogP) is 3.32. The fraction of sp³-hybridized carbons (Fsp3) is 0.357. The quantitative estimate of drug-likeness (QED) is 0.612. The topological polar surface area (TPSA) is 12.4 Å². The summed E-state index contributed by atoms with van der Waals surface area (Å²) >= 11 is 0. The summed E-state index contributed by atoms with van der Waals surface area (Å²) in [6.07, 6.45) is 7.60. The van der Waals surface area contributed by atoms with Gasteiger partial charge in [0.05, 0.1) is 5.69 Å². The third kappa shape index (κ3) is 1.22. The Morgan fingerprint density at radius 1 is 1.33 bits per heavy atom. The highest BCUT2D eigenvalue weighted by atomic mass is 14.8. The number of aliphatic imine (C=N–C) groups is 1. The summed E-state index contributed by atoms with van der Waals surface area (Å²) in [6.45, 7) is 6.32. The molecule has 1 aliphatic rings. The monoisotopic (exact) mass is 197 g/mol. The number of hydrogen-bond donors (Lipinski definition) is 0. The summed E-state index contributed by atoms with van der Waals surface area (Å²) in [5, 5.41) is 0. The zero-order valence-corrected chi connectivity index (χ0v) is 9.41. The van der Waals surface area contributed by atoms with Gasteiger partial charge in [-0.15, -0.1) is 6.42 Å². The van der Waals surface area contributed by atoms with Gasteiger partial charge in [0.1, 0.15) is 0 Å². The molecule has 1 aromatic carbocycles. The van der Waals surface area contributed by atoms with E-state index in [0.717, 1.165) is 5.69 Å². The molecule has 1 unspecified atom stereocenters. The smallest absolute Gasteiger partial charge is 0.0667 e. The minimum atomic E-state index is -0.219. The van der Waals surface area contributed by atoms with Crippen LogP contribution < -0.4 is 0 Å². The first-order valence-electron chi connectivity index (χ1n) is 5.14. The van der Waals surface area contributed by atoms with Crippen molar-refractivity contribution in [1.82, 2.24) is 0 Å². The normalized spacial score (nSPS) is 23.6. The SMILES string of the molecule is C#CC(C)(C)C1(C)C=Nc2ccccc21. The minimum Gasteiger partial charge on any atom is -0.260 e. The molecule has 76 valence electrons. The van der Waals surface area contributed by atoms with Gasteiger partial charge in [-0.05, 0) is 32.4 Å². The molecule has 0 amide bonds. The molecule has 1 aromatic rings. The maximum atomic E-state index is 5.62. The Balaban J connectivity index is 2.61. The van der Waals surface area contributed by atoms with Crippen molar-refractivity contribution in [3.8, 4) is 12.3 Å². The number of para-hydroxylation sites is 1. The lowest BCUT2D eigenvalue weighted by atomic mass is 9.65. The maximum absolute atomic E-state index is 5.62. The van der Waals surface area contributed by atoms with Crippen LogP contribution in [0.5, 0.6) is 0 Å². The van der Waals surface area contributed by atoms with Crippen molar-refractivity contribution >= 4 is 11.9 Å². The Labute approximate surface area is 91.2 Å². The molecule has 2 rings (SSSR count). The van der Waals surface area contributed by atoms with Crippen LogP contribution in [0.15, 0.2) is 29.3 Å². The van der Waals surface area contributed by atoms with Crippen molar-refractivity contribution in [2.24, 2.45) is 10.4 Å². The van der Waals surface area contributed by atoms with E-state index >= 15 is 0 Å². The van der Waals surface area contributed by atoms with Gasteiger partial charge >= 0.3 is 0 Å². The van der Waals surface area contributed by atoms with Crippen LogP contribution in [0.4, 0.5) is 5.69 Å². The van der Waals surface area contributed by atoms with Crippen LogP contribution in [-0.4, -0.2) is 6.21 Å². The molecular formula is C14H15N. The second kappa shape index (κ2) is 2.97. The standard InChI is InChI=1S/C14H15N/c1-5-13(2,3)14(4)10-15-12-9-7-6-8-11(12)14/h1,6-10H,2-4H3. The molecule has 0 N–H and O–H groups in total. The van der Waals surface area contributed by atoms with Crippen LogP contribution in [0.3, 0.4) is 0 Å². The van der Waals surface area contributed by atoms with Crippen LogP contribution in [-0.2, 0) is 5.41 Å². The van der Waals surface area contributed by atoms with Crippen molar-refractivity contribution in [3.63, 3.8) is 0 Å². The lowest BCUT2D eigenvalue weighted by Gasteiger charge is -2.36. The molecule has 1 atom stereocenters. The molecule has 0 aliphatic carbocycles. The summed E-state index contributed by atoms with van der Waals surface area (Å²) < 4.78 is 0. The van der Waals surface area contributed by atoms with Crippen molar-refractivity contribution in [2.45, 2.75) is 26.2 Å². The largest absolute Gasteiger partial charge is 0.260 e. The van der Waals surface area contributed by atoms with E-state index in [0.29, 0.717) is 0 Å². The Morgan fingerprint density at radius 2 is 2.00 bits per heavy atom. The van der Waals surface area contributed by atoms with E-state index < -0.39 is 0 Å². The molecule has 15 heavy (non-hydrogen) atoms. The summed E-state index contributed by atoms with van der Waals surface area (Å²) in [4.78, 5) is 4.45. The number of terminal acetylenes is 1. The highest BCUT2D eigenvalue weighted by molar-refractivity contribution is 5.86. The second-order valence-corrected chi connectivity index (χ2v) is 4.75. The Kier molecular flexibility index (Phi) is 1.98. The number of benzene rings is 1. The van der Waals surface area contributed by atoms with E-state index in [-0.39, 0.29) is 10.8 Å². The van der Waals surface area contributed by atoms with Gasteiger partial charge in [-0.1, -0.05) is 24.1 Å². The van der Waals surface area contributed by atoms with Gasteiger partial charge < -0.3 is 0 Å². The molecule has 1 heteroatoms. The van der Waals surface area contributed by atoms with Crippen LogP contribution in [0.25, 0.3) is 0 Å². The molecular weight excluding hydrogens is 182 g/mol. The van der Waals surface area contributed by atoms with E-state index in [1.807, 2.05) is 24.4 Å². The van der Waals surface area contributed by atoms with E-state index in [4.69, 9.17) is 6.42 Å². The first-order chi connectivity index (χ1) is 7.01. The van der Waals surface area contributed by atoms with Crippen LogP contribution >= 0.6 is 0 Å². The number of nitrogens with zero attached hydrogens (tertiary/aromatic N) is 1. The van der Waals surface area contributed by atoms with E-state index in [1.165, 1.54) is 5.56 Å². The summed E-state index contributed by atoms with van der Waals surface area (Å²) in [5.41, 5.74) is 1.90. The van der Waals surface area contributed by atoms with E-state index in [9.17, 15) is 0 Å². The average Bonchev–Trinajstić information content (AvgIpc) is 2.59. The first-order valence-corrected chi connectivity index (χ1v) is 5.14. The third-order valence-corrected chi connectivity index (χ3v) is 3.58. The van der Waals surface area contributed by atoms with Gasteiger partial charge in [-0.3, -0.25) is 4.99 Å². The molecule has 0 fully saturated rings. The molecule has 1 aliphatic heterocycles. The summed E-state index contributed by atoms with van der Waals surface area (Å²) in [7, 11) is 0. The van der Waals surface area contributed by atoms with Crippen molar-refractivity contribution < 1.29 is 0 Å². The fourth-order valence-corrected chi connectivity index (χ4v) is 1.94. The van der Waals surface area contributed by atoms with E-state index in [1.54, 1.807) is 0 Å². The molecule has 0 spiro atoms. The Hall–Kier alpha value is -1.55. The first kappa shape index (κ1) is 9.98. The van der Waals surface area contributed by atoms with Crippen LogP contribution in [0.2, 0.25) is 0 Å². The molecule has 0 bridgehead atoms. The average molecular weight is 197 g/mol. The second-order valence-electron chi connectivity index (χ2n) is 4.75. The van der Waals surface area contributed by atoms with E-state index in [2.05, 4.69) is 37.8 Å². The van der Waals surface area contributed by atoms with Gasteiger partial charge in [0.2, 0.25) is 0 Å². The predicted molar refractivity (Wildman–Crippen MR) is 64.6 cm³/mol. The molecule has 0 radical (unpaired) electrons. The molecule has 0 saturated heterocycles. The van der Waals surface area contributed by atoms with Crippen molar-refractivity contribution in [2.75, 3.05) is 0 Å². The molecule has 0 aromatic heterocycles. The minimum absolute atomic E-state index is 0.154. The van der Waals surface area contributed by atoms with Crippen molar-refractivity contribution in [3.05, 3.63) is 29.8 Å². The Morgan fingerprint density at radius 3 is 2.67 bits per heavy atom. The number of rotatable bonds is 1. The van der Waals surface area contributed by atoms with Gasteiger partial charge in [-0.2, -0.15) is 0 Å². The number of hydrogen-bond acceptors (Lipinski definition) is 1.